The molecule has 1 saturated heterocycles. The minimum atomic E-state index is -1.79. The van der Waals surface area contributed by atoms with Gasteiger partial charge >= 0.3 is 5.97 Å². The minimum Gasteiger partial charge on any atom is -0.465 e. The zero-order valence-electron chi connectivity index (χ0n) is 13.3. The van der Waals surface area contributed by atoms with Crippen molar-refractivity contribution in [3.05, 3.63) is 0 Å². The number of aliphatic hydroxyl groups is 1. The van der Waals surface area contributed by atoms with E-state index in [0.717, 1.165) is 0 Å². The third kappa shape index (κ3) is 3.10. The first-order valence-corrected chi connectivity index (χ1v) is 10.5. The molecule has 0 unspecified atom stereocenters. The van der Waals surface area contributed by atoms with E-state index in [1.165, 1.54) is 0 Å². The molecule has 116 valence electrons. The number of cyclic esters (lactones) is 1. The van der Waals surface area contributed by atoms with E-state index in [-0.39, 0.29) is 34.9 Å². The predicted molar refractivity (Wildman–Crippen MR) is 79.8 cm³/mol. The van der Waals surface area contributed by atoms with Crippen molar-refractivity contribution in [3.63, 3.8) is 0 Å². The van der Waals surface area contributed by atoms with Gasteiger partial charge in [-0.05, 0) is 30.5 Å². The molecule has 0 spiro atoms. The van der Waals surface area contributed by atoms with Gasteiger partial charge in [-0.2, -0.15) is 0 Å². The largest absolute Gasteiger partial charge is 0.465 e. The van der Waals surface area contributed by atoms with Gasteiger partial charge in [-0.25, -0.2) is 0 Å². The summed E-state index contributed by atoms with van der Waals surface area (Å²) in [4.78, 5) is 11.3. The summed E-state index contributed by atoms with van der Waals surface area (Å²) >= 11 is 0. The van der Waals surface area contributed by atoms with Gasteiger partial charge in [0.05, 0.1) is 12.7 Å². The molecule has 0 amide bonds. The molecule has 0 bridgehead atoms. The van der Waals surface area contributed by atoms with Crippen LogP contribution in [0.1, 0.15) is 33.6 Å². The smallest absolute Gasteiger partial charge is 0.306 e. The number of fused-ring (bicyclic) bond motifs is 1. The zero-order valence-corrected chi connectivity index (χ0v) is 14.3. The second-order valence-electron chi connectivity index (χ2n) is 7.85. The van der Waals surface area contributed by atoms with Crippen LogP contribution in [0, 0.1) is 17.8 Å². The molecule has 0 radical (unpaired) electrons. The van der Waals surface area contributed by atoms with Gasteiger partial charge in [-0.1, -0.05) is 20.8 Å². The van der Waals surface area contributed by atoms with Crippen LogP contribution in [0.5, 0.6) is 0 Å². The molecule has 0 aromatic carbocycles. The Bertz CT molecular complexity index is 375. The maximum absolute atomic E-state index is 11.3. The number of carbonyl (C=O) groups is 1. The summed E-state index contributed by atoms with van der Waals surface area (Å²) in [5.74, 6) is 0.540. The van der Waals surface area contributed by atoms with Gasteiger partial charge in [0.25, 0.3) is 0 Å². The maximum Gasteiger partial charge on any atom is 0.306 e. The van der Waals surface area contributed by atoms with Crippen LogP contribution in [0.25, 0.3) is 0 Å². The molecular formula is C15H28O4Si. The predicted octanol–water partition coefficient (Wildman–Crippen LogP) is 2.57. The van der Waals surface area contributed by atoms with E-state index < -0.39 is 8.32 Å². The van der Waals surface area contributed by atoms with Crippen molar-refractivity contribution in [1.29, 1.82) is 0 Å². The topological polar surface area (TPSA) is 55.8 Å². The van der Waals surface area contributed by atoms with E-state index in [9.17, 15) is 9.90 Å². The Morgan fingerprint density at radius 3 is 2.65 bits per heavy atom. The third-order valence-corrected chi connectivity index (χ3v) is 10.0. The summed E-state index contributed by atoms with van der Waals surface area (Å²) < 4.78 is 11.4. The Kier molecular flexibility index (Phi) is 4.34. The molecule has 1 saturated carbocycles. The van der Waals surface area contributed by atoms with E-state index in [4.69, 9.17) is 9.16 Å². The molecule has 2 fully saturated rings. The van der Waals surface area contributed by atoms with E-state index in [2.05, 4.69) is 33.9 Å². The molecule has 0 aromatic rings. The van der Waals surface area contributed by atoms with E-state index >= 15 is 0 Å². The fourth-order valence-corrected chi connectivity index (χ4v) is 4.05. The van der Waals surface area contributed by atoms with Crippen molar-refractivity contribution in [2.45, 2.75) is 57.8 Å². The van der Waals surface area contributed by atoms with Gasteiger partial charge in [-0.3, -0.25) is 4.79 Å². The van der Waals surface area contributed by atoms with Crippen molar-refractivity contribution in [1.82, 2.24) is 0 Å². The normalized spacial score (nSPS) is 34.8. The number of carbonyl (C=O) groups excluding carboxylic acids is 1. The summed E-state index contributed by atoms with van der Waals surface area (Å²) in [6.45, 7) is 12.2. The number of esters is 1. The van der Waals surface area contributed by atoms with Gasteiger partial charge in [0.2, 0.25) is 0 Å². The van der Waals surface area contributed by atoms with E-state index in [1.807, 2.05) is 0 Å². The van der Waals surface area contributed by atoms with Gasteiger partial charge in [0.15, 0.2) is 8.32 Å². The lowest BCUT2D eigenvalue weighted by Gasteiger charge is -2.38. The van der Waals surface area contributed by atoms with Gasteiger partial charge in [0.1, 0.15) is 0 Å². The standard InChI is InChI=1S/C15H28O4Si/c1-15(2,3)20(4,5)19-9-12-11-8-18-14(17)7-10(11)6-13(12)16/h10-13,16H,6-9H2,1-5H3/t10-,11+,12-,13+/m1/s1. The fraction of sp³-hybridized carbons (Fsp3) is 0.933. The summed E-state index contributed by atoms with van der Waals surface area (Å²) in [6.07, 6.45) is 0.813. The quantitative estimate of drug-likeness (QED) is 0.643. The molecular weight excluding hydrogens is 272 g/mol. The number of ether oxygens (including phenoxy) is 1. The van der Waals surface area contributed by atoms with Crippen LogP contribution in [-0.2, 0) is 14.0 Å². The lowest BCUT2D eigenvalue weighted by Crippen LogP contribution is -2.44. The van der Waals surface area contributed by atoms with Crippen LogP contribution in [-0.4, -0.2) is 38.7 Å². The first-order chi connectivity index (χ1) is 9.12. The Balaban J connectivity index is 1.98. The van der Waals surface area contributed by atoms with Crippen molar-refractivity contribution >= 4 is 14.3 Å². The van der Waals surface area contributed by atoms with Crippen LogP contribution in [0.2, 0.25) is 18.1 Å². The second kappa shape index (κ2) is 5.43. The van der Waals surface area contributed by atoms with Crippen LogP contribution in [0.3, 0.4) is 0 Å². The summed E-state index contributed by atoms with van der Waals surface area (Å²) in [6, 6.07) is 0. The fourth-order valence-electron chi connectivity index (χ4n) is 3.01. The molecule has 20 heavy (non-hydrogen) atoms. The highest BCUT2D eigenvalue weighted by Crippen LogP contribution is 2.44. The summed E-state index contributed by atoms with van der Waals surface area (Å²) in [5.41, 5.74) is 0. The third-order valence-electron chi connectivity index (χ3n) is 5.50. The first-order valence-electron chi connectivity index (χ1n) is 7.59. The van der Waals surface area contributed by atoms with Crippen molar-refractivity contribution < 1.29 is 19.1 Å². The lowest BCUT2D eigenvalue weighted by atomic mass is 9.87. The zero-order chi connectivity index (χ0) is 15.1. The van der Waals surface area contributed by atoms with Crippen LogP contribution < -0.4 is 0 Å². The number of hydrogen-bond donors (Lipinski definition) is 1. The highest BCUT2D eigenvalue weighted by Gasteiger charge is 2.47. The van der Waals surface area contributed by atoms with Gasteiger partial charge in [0, 0.05) is 24.9 Å². The number of rotatable bonds is 3. The van der Waals surface area contributed by atoms with E-state index in [1.54, 1.807) is 0 Å². The lowest BCUT2D eigenvalue weighted by molar-refractivity contribution is -0.153. The van der Waals surface area contributed by atoms with Crippen molar-refractivity contribution in [3.8, 4) is 0 Å². The molecule has 1 N–H and O–H groups in total. The highest BCUT2D eigenvalue weighted by molar-refractivity contribution is 6.74. The molecule has 2 rings (SSSR count). The Morgan fingerprint density at radius 2 is 2.05 bits per heavy atom. The van der Waals surface area contributed by atoms with Crippen LogP contribution >= 0.6 is 0 Å². The molecule has 1 aliphatic heterocycles. The molecule has 2 aliphatic rings. The molecule has 4 atom stereocenters. The van der Waals surface area contributed by atoms with E-state index in [0.29, 0.717) is 26.1 Å². The minimum absolute atomic E-state index is 0.113. The molecule has 0 aromatic heterocycles. The Hall–Kier alpha value is -0.393. The van der Waals surface area contributed by atoms with Gasteiger partial charge in [-0.15, -0.1) is 0 Å². The Labute approximate surface area is 123 Å². The number of hydrogen-bond acceptors (Lipinski definition) is 4. The van der Waals surface area contributed by atoms with Crippen LogP contribution in [0.4, 0.5) is 0 Å². The monoisotopic (exact) mass is 300 g/mol. The first kappa shape index (κ1) is 16.0. The number of aliphatic hydroxyl groups excluding tert-OH is 1. The van der Waals surface area contributed by atoms with Crippen molar-refractivity contribution in [2.24, 2.45) is 17.8 Å². The summed E-state index contributed by atoms with van der Waals surface area (Å²) in [7, 11) is -1.79. The van der Waals surface area contributed by atoms with Gasteiger partial charge < -0.3 is 14.3 Å². The average Bonchev–Trinajstić information content (AvgIpc) is 2.59. The molecule has 5 heteroatoms. The summed E-state index contributed by atoms with van der Waals surface area (Å²) in [5, 5.41) is 10.4. The molecule has 4 nitrogen and oxygen atoms in total. The second-order valence-corrected chi connectivity index (χ2v) is 12.7. The molecule has 1 heterocycles. The maximum atomic E-state index is 11.3. The highest BCUT2D eigenvalue weighted by atomic mass is 28.4. The van der Waals surface area contributed by atoms with Crippen LogP contribution in [0.15, 0.2) is 0 Å². The Morgan fingerprint density at radius 1 is 1.40 bits per heavy atom. The average molecular weight is 300 g/mol. The van der Waals surface area contributed by atoms with Crippen molar-refractivity contribution in [2.75, 3.05) is 13.2 Å². The molecule has 1 aliphatic carbocycles. The SMILES string of the molecule is CC(C)(C)[Si](C)(C)OC[C@@H]1[C@H]2COC(=O)C[C@H]2C[C@@H]1O.